The van der Waals surface area contributed by atoms with Crippen LogP contribution in [0.3, 0.4) is 0 Å². The Morgan fingerprint density at radius 1 is 0.833 bits per heavy atom. The topological polar surface area (TPSA) is 97.6 Å². The van der Waals surface area contributed by atoms with Crippen molar-refractivity contribution in [3.63, 3.8) is 0 Å². The van der Waals surface area contributed by atoms with Crippen molar-refractivity contribution in [2.75, 3.05) is 11.8 Å². The van der Waals surface area contributed by atoms with Gasteiger partial charge in [-0.3, -0.25) is 4.72 Å². The van der Waals surface area contributed by atoms with E-state index in [0.717, 1.165) is 52.2 Å². The molecule has 0 spiro atoms. The highest BCUT2D eigenvalue weighted by Gasteiger charge is 2.31. The van der Waals surface area contributed by atoms with Crippen molar-refractivity contribution < 1.29 is 36.2 Å². The molecule has 0 atom stereocenters. The molecule has 0 fully saturated rings. The van der Waals surface area contributed by atoms with Gasteiger partial charge >= 0.3 is 12.1 Å². The molecule has 1 heterocycles. The summed E-state index contributed by atoms with van der Waals surface area (Å²) in [7, 11) is -2.73. The summed E-state index contributed by atoms with van der Waals surface area (Å²) >= 11 is 0. The Morgan fingerprint density at radius 3 is 2.02 bits per heavy atom. The minimum atomic E-state index is -4.59. The number of nitrogens with one attached hydrogen (secondary N) is 1. The predicted octanol–water partition coefficient (Wildman–Crippen LogP) is 8.40. The highest BCUT2D eigenvalue weighted by atomic mass is 32.2. The number of hydrogen-bond acceptors (Lipinski definition) is 4. The van der Waals surface area contributed by atoms with Crippen molar-refractivity contribution in [1.82, 2.24) is 4.57 Å². The van der Waals surface area contributed by atoms with Gasteiger partial charge in [0.05, 0.1) is 29.2 Å². The van der Waals surface area contributed by atoms with E-state index in [0.29, 0.717) is 17.6 Å². The second kappa shape index (κ2) is 12.9. The molecule has 6 aromatic rings. The van der Waals surface area contributed by atoms with E-state index in [1.54, 1.807) is 24.3 Å². The lowest BCUT2D eigenvalue weighted by molar-refractivity contribution is -0.137. The molecule has 11 heteroatoms. The normalized spacial score (nSPS) is 11.9. The molecule has 0 aliphatic carbocycles. The summed E-state index contributed by atoms with van der Waals surface area (Å²) in [6.07, 6.45) is -4.24. The van der Waals surface area contributed by atoms with Gasteiger partial charge in [-0.05, 0) is 71.8 Å². The van der Waals surface area contributed by atoms with Crippen LogP contribution < -0.4 is 9.46 Å². The first-order valence-electron chi connectivity index (χ1n) is 14.8. The maximum Gasteiger partial charge on any atom is 0.416 e. The van der Waals surface area contributed by atoms with Crippen LogP contribution in [-0.4, -0.2) is 31.2 Å². The molecule has 5 aromatic carbocycles. The van der Waals surface area contributed by atoms with Gasteiger partial charge in [-0.1, -0.05) is 66.7 Å². The van der Waals surface area contributed by atoms with Crippen LogP contribution in [0.5, 0.6) is 5.75 Å². The van der Waals surface area contributed by atoms with Crippen molar-refractivity contribution in [2.45, 2.75) is 23.5 Å². The summed E-state index contributed by atoms with van der Waals surface area (Å²) in [6.45, 7) is 0. The Bertz CT molecular complexity index is 2160. The van der Waals surface area contributed by atoms with Crippen molar-refractivity contribution in [1.29, 1.82) is 0 Å². The number of alkyl halides is 3. The summed E-state index contributed by atoms with van der Waals surface area (Å²) in [4.78, 5) is 11.3. The number of carbonyl (C=O) groups is 1. The number of methoxy groups -OCH3 is 1. The molecule has 0 radical (unpaired) electrons. The van der Waals surface area contributed by atoms with Crippen LogP contribution in [-0.2, 0) is 22.6 Å². The summed E-state index contributed by atoms with van der Waals surface area (Å²) < 4.78 is 75.8. The molecular weight excluding hydrogens is 641 g/mol. The fraction of sp³-hybridized carbons (Fsp3) is 0.108. The lowest BCUT2D eigenvalue weighted by atomic mass is 9.97. The fourth-order valence-corrected chi connectivity index (χ4v) is 6.86. The minimum Gasteiger partial charge on any atom is -0.496 e. The van der Waals surface area contributed by atoms with Gasteiger partial charge in [0.2, 0.25) is 0 Å². The van der Waals surface area contributed by atoms with Crippen LogP contribution in [0.1, 0.15) is 44.3 Å². The van der Waals surface area contributed by atoms with E-state index in [1.165, 1.54) is 19.2 Å². The number of anilines is 1. The van der Waals surface area contributed by atoms with Gasteiger partial charge in [-0.15, -0.1) is 0 Å². The standard InChI is InChI=1S/C37H29F3N2O5S/c1-47-34-23-27(36(43)44)13-12-26(34)21-31-22-28-20-30(41-48(45,46)32-17-14-29(15-18-32)37(38,39)40)16-19-33(28)42(31)35(24-8-4-2-5-9-24)25-10-6-3-7-11-25/h2-20,22-23,35,41H,21H2,1H3,(H,43,44). The van der Waals surface area contributed by atoms with Crippen LogP contribution in [0.2, 0.25) is 0 Å². The molecule has 0 saturated heterocycles. The first kappa shape index (κ1) is 32.4. The van der Waals surface area contributed by atoms with Crippen molar-refractivity contribution >= 4 is 32.6 Å². The number of benzene rings is 5. The van der Waals surface area contributed by atoms with E-state index >= 15 is 0 Å². The third-order valence-corrected chi connectivity index (χ3v) is 9.45. The largest absolute Gasteiger partial charge is 0.496 e. The Balaban J connectivity index is 1.48. The molecule has 0 amide bonds. The lowest BCUT2D eigenvalue weighted by Crippen LogP contribution is -2.15. The van der Waals surface area contributed by atoms with Gasteiger partial charge in [-0.2, -0.15) is 13.2 Å². The number of nitrogens with zero attached hydrogens (tertiary/aromatic N) is 1. The Morgan fingerprint density at radius 2 is 1.46 bits per heavy atom. The first-order chi connectivity index (χ1) is 22.9. The van der Waals surface area contributed by atoms with Crippen LogP contribution in [0.25, 0.3) is 10.9 Å². The molecule has 2 N–H and O–H groups in total. The third-order valence-electron chi connectivity index (χ3n) is 8.06. The molecule has 0 unspecified atom stereocenters. The molecule has 7 nitrogen and oxygen atoms in total. The number of hydrogen-bond donors (Lipinski definition) is 2. The lowest BCUT2D eigenvalue weighted by Gasteiger charge is -2.25. The number of carboxylic acids is 1. The molecule has 0 aliphatic heterocycles. The number of fused-ring (bicyclic) bond motifs is 1. The third kappa shape index (κ3) is 6.63. The Labute approximate surface area is 274 Å². The average molecular weight is 671 g/mol. The van der Waals surface area contributed by atoms with E-state index in [-0.39, 0.29) is 22.2 Å². The second-order valence-electron chi connectivity index (χ2n) is 11.1. The summed E-state index contributed by atoms with van der Waals surface area (Å²) in [6, 6.07) is 34.6. The van der Waals surface area contributed by atoms with Gasteiger partial charge in [0.1, 0.15) is 5.75 Å². The number of aromatic carboxylic acids is 1. The van der Waals surface area contributed by atoms with E-state index in [4.69, 9.17) is 4.74 Å². The summed E-state index contributed by atoms with van der Waals surface area (Å²) in [5.74, 6) is -0.666. The number of ether oxygens (including phenoxy) is 1. The van der Waals surface area contributed by atoms with Crippen molar-refractivity contribution in [3.05, 3.63) is 161 Å². The van der Waals surface area contributed by atoms with Gasteiger partial charge < -0.3 is 14.4 Å². The van der Waals surface area contributed by atoms with Crippen molar-refractivity contribution in [3.8, 4) is 5.75 Å². The van der Waals surface area contributed by atoms with Gasteiger partial charge in [-0.25, -0.2) is 13.2 Å². The van der Waals surface area contributed by atoms with E-state index < -0.39 is 27.7 Å². The molecule has 1 aromatic heterocycles. The summed E-state index contributed by atoms with van der Waals surface area (Å²) in [5.41, 5.74) is 3.75. The SMILES string of the molecule is COc1cc(C(=O)O)ccc1Cc1cc2cc(NS(=O)(=O)c3ccc(C(F)(F)F)cc3)ccc2n1C(c1ccccc1)c1ccccc1. The van der Waals surface area contributed by atoms with Gasteiger partial charge in [0.25, 0.3) is 10.0 Å². The molecule has 0 aliphatic rings. The van der Waals surface area contributed by atoms with Crippen LogP contribution >= 0.6 is 0 Å². The number of sulfonamides is 1. The highest BCUT2D eigenvalue weighted by Crippen LogP contribution is 2.37. The van der Waals surface area contributed by atoms with E-state index in [9.17, 15) is 31.5 Å². The molecular formula is C37H29F3N2O5S. The smallest absolute Gasteiger partial charge is 0.416 e. The average Bonchev–Trinajstić information content (AvgIpc) is 3.42. The fourth-order valence-electron chi connectivity index (χ4n) is 5.82. The number of aromatic nitrogens is 1. The highest BCUT2D eigenvalue weighted by molar-refractivity contribution is 7.92. The number of carboxylic acid groups (broad SMARTS) is 1. The number of halogens is 3. The van der Waals surface area contributed by atoms with Crippen molar-refractivity contribution in [2.24, 2.45) is 0 Å². The number of rotatable bonds is 10. The van der Waals surface area contributed by atoms with E-state index in [2.05, 4.69) is 9.29 Å². The zero-order chi connectivity index (χ0) is 34.1. The van der Waals surface area contributed by atoms with Crippen LogP contribution in [0.15, 0.2) is 132 Å². The molecule has 48 heavy (non-hydrogen) atoms. The molecule has 6 rings (SSSR count). The molecule has 0 bridgehead atoms. The Kier molecular flexibility index (Phi) is 8.72. The van der Waals surface area contributed by atoms with Crippen LogP contribution in [0, 0.1) is 0 Å². The molecule has 244 valence electrons. The van der Waals surface area contributed by atoms with Gasteiger partial charge in [0.15, 0.2) is 0 Å². The second-order valence-corrected chi connectivity index (χ2v) is 12.8. The van der Waals surface area contributed by atoms with Crippen LogP contribution in [0.4, 0.5) is 18.9 Å². The molecule has 0 saturated carbocycles. The summed E-state index contributed by atoms with van der Waals surface area (Å²) in [5, 5.41) is 10.2. The first-order valence-corrected chi connectivity index (χ1v) is 16.3. The zero-order valence-electron chi connectivity index (χ0n) is 25.5. The minimum absolute atomic E-state index is 0.0903. The zero-order valence-corrected chi connectivity index (χ0v) is 26.3. The quantitative estimate of drug-likeness (QED) is 0.153. The Hall–Kier alpha value is -5.55. The predicted molar refractivity (Wildman–Crippen MR) is 177 cm³/mol. The van der Waals surface area contributed by atoms with E-state index in [1.807, 2.05) is 66.7 Å². The monoisotopic (exact) mass is 670 g/mol. The maximum atomic E-state index is 13.2. The van der Waals surface area contributed by atoms with Gasteiger partial charge in [0, 0.05) is 34.3 Å². The maximum absolute atomic E-state index is 13.2.